The van der Waals surface area contributed by atoms with Crippen LogP contribution in [-0.2, 0) is 0 Å². The Labute approximate surface area is 87.7 Å². The van der Waals surface area contributed by atoms with Crippen molar-refractivity contribution in [3.63, 3.8) is 0 Å². The van der Waals surface area contributed by atoms with E-state index in [2.05, 4.69) is 6.92 Å². The number of unbranched alkanes of at least 4 members (excludes halogenated alkanes) is 1. The Morgan fingerprint density at radius 3 is 2.42 bits per heavy atom. The minimum Gasteiger partial charge on any atom is -0.169 e. The molecule has 0 aromatic carbocycles. The summed E-state index contributed by atoms with van der Waals surface area (Å²) < 4.78 is 0. The van der Waals surface area contributed by atoms with E-state index in [0.717, 1.165) is 0 Å². The molecule has 1 fully saturated rings. The van der Waals surface area contributed by atoms with Crippen molar-refractivity contribution in [3.8, 4) is 0 Å². The molecule has 0 aromatic heterocycles. The van der Waals surface area contributed by atoms with Crippen LogP contribution >= 0.6 is 22.2 Å². The van der Waals surface area contributed by atoms with Gasteiger partial charge >= 0.3 is 0 Å². The summed E-state index contributed by atoms with van der Waals surface area (Å²) in [5, 5.41) is 0. The Morgan fingerprint density at radius 1 is 1.33 bits per heavy atom. The van der Waals surface area contributed by atoms with Crippen LogP contribution in [0.1, 0.15) is 19.8 Å². The molecule has 12 heavy (non-hydrogen) atoms. The highest BCUT2D eigenvalue weighted by molar-refractivity contribution is 7.22. The predicted octanol–water partition coefficient (Wildman–Crippen LogP) is 4.21. The van der Waals surface area contributed by atoms with E-state index < -0.39 is 15.5 Å². The third-order valence-corrected chi connectivity index (χ3v) is 11.6. The summed E-state index contributed by atoms with van der Waals surface area (Å²) in [6.07, 6.45) is 2.63. The molecule has 71 valence electrons. The van der Waals surface area contributed by atoms with Crippen molar-refractivity contribution in [1.82, 2.24) is 0 Å². The van der Waals surface area contributed by atoms with E-state index in [0.29, 0.717) is 0 Å². The molecule has 0 nitrogen and oxygen atoms in total. The van der Waals surface area contributed by atoms with Crippen molar-refractivity contribution in [2.45, 2.75) is 50.0 Å². The molecule has 1 saturated heterocycles. The highest BCUT2D eigenvalue weighted by Gasteiger charge is 2.35. The van der Waals surface area contributed by atoms with Crippen LogP contribution in [0.25, 0.3) is 0 Å². The first-order chi connectivity index (χ1) is 5.66. The van der Waals surface area contributed by atoms with Gasteiger partial charge in [-0.3, -0.25) is 0 Å². The SMILES string of the molecule is CCCC[Si]1(Cl)CC[Si](Cl)CC1. The molecule has 0 saturated carbocycles. The van der Waals surface area contributed by atoms with Crippen molar-refractivity contribution in [2.75, 3.05) is 0 Å². The maximum Gasteiger partial charge on any atom is 0.164 e. The molecular weight excluding hydrogens is 223 g/mol. The Balaban J connectivity index is 2.29. The number of hydrogen-bond donors (Lipinski definition) is 0. The molecule has 1 aliphatic heterocycles. The molecule has 1 heterocycles. The third-order valence-electron chi connectivity index (χ3n) is 2.67. The molecule has 0 aliphatic carbocycles. The lowest BCUT2D eigenvalue weighted by atomic mass is 10.4. The summed E-state index contributed by atoms with van der Waals surface area (Å²) in [5.41, 5.74) is 0. The molecule has 0 aromatic rings. The van der Waals surface area contributed by atoms with Crippen LogP contribution < -0.4 is 0 Å². The van der Waals surface area contributed by atoms with E-state index in [1.54, 1.807) is 0 Å². The summed E-state index contributed by atoms with van der Waals surface area (Å²) in [4.78, 5) is 0. The standard InChI is InChI=1S/C8H17Cl2Si2/c1-2-3-6-12(10)7-4-11(9)5-8-12/h2-8H2,1H3. The van der Waals surface area contributed by atoms with Gasteiger partial charge in [-0.2, -0.15) is 22.2 Å². The Kier molecular flexibility index (Phi) is 4.65. The van der Waals surface area contributed by atoms with Gasteiger partial charge in [0.05, 0.1) is 0 Å². The first kappa shape index (κ1) is 11.1. The highest BCUT2D eigenvalue weighted by atomic mass is 35.6. The largest absolute Gasteiger partial charge is 0.169 e. The lowest BCUT2D eigenvalue weighted by Gasteiger charge is -2.30. The topological polar surface area (TPSA) is 0 Å². The van der Waals surface area contributed by atoms with E-state index in [9.17, 15) is 0 Å². The van der Waals surface area contributed by atoms with Crippen LogP contribution in [0.4, 0.5) is 0 Å². The molecule has 0 amide bonds. The molecule has 1 aliphatic rings. The minimum atomic E-state index is -1.29. The van der Waals surface area contributed by atoms with Gasteiger partial charge < -0.3 is 0 Å². The van der Waals surface area contributed by atoms with Crippen molar-refractivity contribution >= 4 is 37.6 Å². The summed E-state index contributed by atoms with van der Waals surface area (Å²) in [6, 6.07) is 6.47. The Hall–Kier alpha value is 1.01. The molecule has 4 heteroatoms. The smallest absolute Gasteiger partial charge is 0.164 e. The zero-order valence-corrected chi connectivity index (χ0v) is 11.2. The fourth-order valence-electron chi connectivity index (χ4n) is 1.71. The van der Waals surface area contributed by atoms with Gasteiger partial charge in [-0.25, -0.2) is 0 Å². The average Bonchev–Trinajstić information content (AvgIpc) is 2.08. The maximum absolute atomic E-state index is 6.62. The van der Waals surface area contributed by atoms with Gasteiger partial charge in [-0.05, 0) is 30.2 Å². The highest BCUT2D eigenvalue weighted by Crippen LogP contribution is 2.37. The molecule has 1 radical (unpaired) electrons. The van der Waals surface area contributed by atoms with Crippen LogP contribution in [0.5, 0.6) is 0 Å². The van der Waals surface area contributed by atoms with Gasteiger partial charge in [0.2, 0.25) is 0 Å². The normalized spacial score (nSPS) is 24.2. The van der Waals surface area contributed by atoms with Gasteiger partial charge in [-0.15, -0.1) is 0 Å². The van der Waals surface area contributed by atoms with E-state index in [1.807, 2.05) is 0 Å². The van der Waals surface area contributed by atoms with Gasteiger partial charge in [0.15, 0.2) is 15.5 Å². The van der Waals surface area contributed by atoms with Crippen LogP contribution in [-0.4, -0.2) is 15.5 Å². The fourth-order valence-corrected chi connectivity index (χ4v) is 13.3. The minimum absolute atomic E-state index is 0.465. The van der Waals surface area contributed by atoms with E-state index in [1.165, 1.54) is 43.1 Å². The number of halogens is 2. The molecule has 0 unspecified atom stereocenters. The molecule has 0 spiro atoms. The number of rotatable bonds is 3. The first-order valence-corrected chi connectivity index (χ1v) is 11.4. The van der Waals surface area contributed by atoms with Crippen molar-refractivity contribution in [1.29, 1.82) is 0 Å². The van der Waals surface area contributed by atoms with Crippen molar-refractivity contribution in [2.24, 2.45) is 0 Å². The monoisotopic (exact) mass is 239 g/mol. The molecule has 0 N–H and O–H groups in total. The first-order valence-electron chi connectivity index (χ1n) is 4.85. The van der Waals surface area contributed by atoms with Gasteiger partial charge in [0.1, 0.15) is 0 Å². The van der Waals surface area contributed by atoms with Crippen LogP contribution in [0, 0.1) is 0 Å². The fraction of sp³-hybridized carbons (Fsp3) is 1.00. The van der Waals surface area contributed by atoms with Crippen molar-refractivity contribution in [3.05, 3.63) is 0 Å². The van der Waals surface area contributed by atoms with Crippen LogP contribution in [0.15, 0.2) is 0 Å². The quantitative estimate of drug-likeness (QED) is 0.512. The average molecular weight is 240 g/mol. The van der Waals surface area contributed by atoms with Gasteiger partial charge in [0.25, 0.3) is 0 Å². The number of hydrogen-bond acceptors (Lipinski definition) is 0. The molecular formula is C8H17Cl2Si2. The van der Waals surface area contributed by atoms with Crippen LogP contribution in [0.2, 0.25) is 30.2 Å². The summed E-state index contributed by atoms with van der Waals surface area (Å²) in [6.45, 7) is 2.24. The second-order valence-electron chi connectivity index (χ2n) is 3.77. The van der Waals surface area contributed by atoms with Crippen molar-refractivity contribution < 1.29 is 0 Å². The summed E-state index contributed by atoms with van der Waals surface area (Å²) >= 11 is 12.8. The lowest BCUT2D eigenvalue weighted by Crippen LogP contribution is -2.33. The molecule has 1 rings (SSSR count). The maximum atomic E-state index is 6.62. The van der Waals surface area contributed by atoms with Gasteiger partial charge in [-0.1, -0.05) is 19.8 Å². The molecule has 0 bridgehead atoms. The van der Waals surface area contributed by atoms with Crippen LogP contribution in [0.3, 0.4) is 0 Å². The molecule has 0 atom stereocenters. The van der Waals surface area contributed by atoms with Gasteiger partial charge in [0, 0.05) is 0 Å². The zero-order valence-electron chi connectivity index (χ0n) is 7.71. The summed E-state index contributed by atoms with van der Waals surface area (Å²) in [7, 11) is -1.75. The third kappa shape index (κ3) is 3.40. The van der Waals surface area contributed by atoms with E-state index in [-0.39, 0.29) is 0 Å². The van der Waals surface area contributed by atoms with E-state index in [4.69, 9.17) is 22.2 Å². The Bertz CT molecular complexity index is 128. The zero-order chi connectivity index (χ0) is 9.03. The second-order valence-corrected chi connectivity index (χ2v) is 13.6. The summed E-state index contributed by atoms with van der Waals surface area (Å²) in [5.74, 6) is 0. The predicted molar refractivity (Wildman–Crippen MR) is 62.2 cm³/mol. The Morgan fingerprint density at radius 2 is 1.92 bits per heavy atom. The second kappa shape index (κ2) is 5.03. The van der Waals surface area contributed by atoms with E-state index >= 15 is 0 Å². The lowest BCUT2D eigenvalue weighted by molar-refractivity contribution is 0.862.